The van der Waals surface area contributed by atoms with Gasteiger partial charge in [0.1, 0.15) is 5.75 Å². The minimum atomic E-state index is -0.0632. The molecule has 0 saturated carbocycles. The van der Waals surface area contributed by atoms with Crippen molar-refractivity contribution < 1.29 is 14.4 Å². The molecular formula is C16H24ClN2O2+. The number of carbonyl (C=O) groups excluding carboxylic acids is 1. The smallest absolute Gasteiger partial charge is 0.282 e. The molecule has 1 aliphatic heterocycles. The molecule has 5 heteroatoms. The molecule has 1 heterocycles. The van der Waals surface area contributed by atoms with Crippen LogP contribution in [0.25, 0.3) is 0 Å². The van der Waals surface area contributed by atoms with Crippen molar-refractivity contribution in [3.63, 3.8) is 0 Å². The van der Waals surface area contributed by atoms with Crippen LogP contribution in [0.5, 0.6) is 5.75 Å². The van der Waals surface area contributed by atoms with E-state index in [4.69, 9.17) is 16.3 Å². The molecule has 116 valence electrons. The molecule has 0 bridgehead atoms. The van der Waals surface area contributed by atoms with Crippen molar-refractivity contribution in [2.75, 3.05) is 25.5 Å². The number of carbonyl (C=O) groups is 1. The molecule has 1 aromatic carbocycles. The standard InChI is InChI=1S/C16H23ClN2O2/c1-12(19-9-5-3-4-6-10-19)16(20)18-14-11-13(17)7-8-15(14)21-2/h7-8,11-12H,3-6,9-10H2,1-2H3,(H,18,20)/p+1/t12-/m1/s1. The molecule has 0 aliphatic carbocycles. The molecule has 2 rings (SSSR count). The van der Waals surface area contributed by atoms with Crippen LogP contribution in [0.3, 0.4) is 0 Å². The molecule has 1 atom stereocenters. The van der Waals surface area contributed by atoms with E-state index in [1.807, 2.05) is 6.92 Å². The van der Waals surface area contributed by atoms with Crippen LogP contribution in [0.15, 0.2) is 18.2 Å². The second kappa shape index (κ2) is 7.66. The van der Waals surface area contributed by atoms with Crippen molar-refractivity contribution in [1.82, 2.24) is 0 Å². The van der Waals surface area contributed by atoms with Crippen LogP contribution in [-0.2, 0) is 4.79 Å². The van der Waals surface area contributed by atoms with Crippen LogP contribution in [-0.4, -0.2) is 32.1 Å². The minimum absolute atomic E-state index is 0.0208. The van der Waals surface area contributed by atoms with E-state index in [-0.39, 0.29) is 11.9 Å². The molecule has 21 heavy (non-hydrogen) atoms. The quantitative estimate of drug-likeness (QED) is 0.894. The predicted octanol–water partition coefficient (Wildman–Crippen LogP) is 2.13. The van der Waals surface area contributed by atoms with Gasteiger partial charge in [-0.2, -0.15) is 0 Å². The van der Waals surface area contributed by atoms with E-state index in [0.29, 0.717) is 16.5 Å². The van der Waals surface area contributed by atoms with Gasteiger partial charge < -0.3 is 15.0 Å². The van der Waals surface area contributed by atoms with E-state index in [1.54, 1.807) is 25.3 Å². The highest BCUT2D eigenvalue weighted by Gasteiger charge is 2.26. The Balaban J connectivity index is 2.04. The van der Waals surface area contributed by atoms with E-state index in [9.17, 15) is 4.79 Å². The summed E-state index contributed by atoms with van der Waals surface area (Å²) in [6.45, 7) is 4.13. The normalized spacial score (nSPS) is 17.9. The average molecular weight is 312 g/mol. The summed E-state index contributed by atoms with van der Waals surface area (Å²) in [6.07, 6.45) is 4.96. The Morgan fingerprint density at radius 1 is 1.29 bits per heavy atom. The van der Waals surface area contributed by atoms with Crippen LogP contribution in [0.4, 0.5) is 5.69 Å². The lowest BCUT2D eigenvalue weighted by molar-refractivity contribution is -0.913. The highest BCUT2D eigenvalue weighted by atomic mass is 35.5. The Morgan fingerprint density at radius 3 is 2.57 bits per heavy atom. The van der Waals surface area contributed by atoms with Gasteiger partial charge in [-0.3, -0.25) is 4.79 Å². The first kappa shape index (κ1) is 16.1. The third kappa shape index (κ3) is 4.35. The molecule has 0 aromatic heterocycles. The van der Waals surface area contributed by atoms with E-state index in [0.717, 1.165) is 13.1 Å². The molecule has 0 spiro atoms. The third-order valence-corrected chi connectivity index (χ3v) is 4.41. The second-order valence-electron chi connectivity index (χ2n) is 5.63. The van der Waals surface area contributed by atoms with Crippen LogP contribution < -0.4 is 15.0 Å². The summed E-state index contributed by atoms with van der Waals surface area (Å²) in [4.78, 5) is 13.8. The Labute approximate surface area is 131 Å². The highest BCUT2D eigenvalue weighted by molar-refractivity contribution is 6.31. The number of methoxy groups -OCH3 is 1. The van der Waals surface area contributed by atoms with E-state index >= 15 is 0 Å². The number of rotatable bonds is 4. The maximum absolute atomic E-state index is 12.5. The monoisotopic (exact) mass is 311 g/mol. The van der Waals surface area contributed by atoms with Crippen LogP contribution in [0.1, 0.15) is 32.6 Å². The van der Waals surface area contributed by atoms with Crippen LogP contribution >= 0.6 is 11.6 Å². The number of anilines is 1. The minimum Gasteiger partial charge on any atom is -0.495 e. The van der Waals surface area contributed by atoms with Crippen molar-refractivity contribution in [3.05, 3.63) is 23.2 Å². The summed E-state index contributed by atoms with van der Waals surface area (Å²) in [7, 11) is 1.59. The number of hydrogen-bond acceptors (Lipinski definition) is 2. The summed E-state index contributed by atoms with van der Waals surface area (Å²) >= 11 is 6.00. The molecule has 0 unspecified atom stereocenters. The van der Waals surface area contributed by atoms with Gasteiger partial charge in [0, 0.05) is 5.02 Å². The fraction of sp³-hybridized carbons (Fsp3) is 0.562. The zero-order valence-electron chi connectivity index (χ0n) is 12.7. The molecular weight excluding hydrogens is 288 g/mol. The van der Waals surface area contributed by atoms with Gasteiger partial charge >= 0.3 is 0 Å². The zero-order valence-corrected chi connectivity index (χ0v) is 13.5. The van der Waals surface area contributed by atoms with Gasteiger partial charge in [0.05, 0.1) is 25.9 Å². The first-order valence-corrected chi connectivity index (χ1v) is 7.98. The van der Waals surface area contributed by atoms with E-state index in [1.165, 1.54) is 30.6 Å². The highest BCUT2D eigenvalue weighted by Crippen LogP contribution is 2.27. The van der Waals surface area contributed by atoms with Gasteiger partial charge in [0.15, 0.2) is 6.04 Å². The summed E-state index contributed by atoms with van der Waals surface area (Å²) in [5.41, 5.74) is 0.635. The molecule has 1 amide bonds. The largest absolute Gasteiger partial charge is 0.495 e. The van der Waals surface area contributed by atoms with Gasteiger partial charge in [0.25, 0.3) is 5.91 Å². The number of quaternary nitrogens is 1. The molecule has 1 fully saturated rings. The van der Waals surface area contributed by atoms with Crippen molar-refractivity contribution >= 4 is 23.2 Å². The Bertz CT molecular complexity index is 485. The molecule has 4 nitrogen and oxygen atoms in total. The third-order valence-electron chi connectivity index (χ3n) is 4.17. The van der Waals surface area contributed by atoms with E-state index < -0.39 is 0 Å². The first-order valence-electron chi connectivity index (χ1n) is 7.61. The lowest BCUT2D eigenvalue weighted by atomic mass is 10.2. The maximum Gasteiger partial charge on any atom is 0.282 e. The first-order chi connectivity index (χ1) is 10.1. The lowest BCUT2D eigenvalue weighted by Crippen LogP contribution is -3.16. The van der Waals surface area contributed by atoms with Gasteiger partial charge in [-0.15, -0.1) is 0 Å². The Morgan fingerprint density at radius 2 is 1.95 bits per heavy atom. The molecule has 1 saturated heterocycles. The number of nitrogens with one attached hydrogen (secondary N) is 2. The van der Waals surface area contributed by atoms with Crippen molar-refractivity contribution in [2.45, 2.75) is 38.6 Å². The summed E-state index contributed by atoms with van der Waals surface area (Å²) in [5, 5.41) is 3.53. The fourth-order valence-corrected chi connectivity index (χ4v) is 2.99. The van der Waals surface area contributed by atoms with Gasteiger partial charge in [0.2, 0.25) is 0 Å². The summed E-state index contributed by atoms with van der Waals surface area (Å²) in [6, 6.07) is 5.18. The van der Waals surface area contributed by atoms with E-state index in [2.05, 4.69) is 5.32 Å². The average Bonchev–Trinajstić information content (AvgIpc) is 2.75. The Kier molecular flexibility index (Phi) is 5.88. The maximum atomic E-state index is 12.5. The number of amides is 1. The zero-order chi connectivity index (χ0) is 15.2. The van der Waals surface area contributed by atoms with Gasteiger partial charge in [-0.25, -0.2) is 0 Å². The molecule has 1 aromatic rings. The second-order valence-corrected chi connectivity index (χ2v) is 6.06. The molecule has 0 radical (unpaired) electrons. The SMILES string of the molecule is COc1ccc(Cl)cc1NC(=O)[C@@H](C)[NH+]1CCCCCC1. The predicted molar refractivity (Wildman–Crippen MR) is 85.3 cm³/mol. The Hall–Kier alpha value is -1.26. The summed E-state index contributed by atoms with van der Waals surface area (Å²) < 4.78 is 5.27. The number of ether oxygens (including phenoxy) is 1. The molecule has 2 N–H and O–H groups in total. The number of benzene rings is 1. The van der Waals surface area contributed by atoms with Crippen molar-refractivity contribution in [1.29, 1.82) is 0 Å². The molecule has 1 aliphatic rings. The van der Waals surface area contributed by atoms with Crippen LogP contribution in [0, 0.1) is 0 Å². The fourth-order valence-electron chi connectivity index (χ4n) is 2.82. The number of halogens is 1. The summed E-state index contributed by atoms with van der Waals surface area (Å²) in [5.74, 6) is 0.651. The number of hydrogen-bond donors (Lipinski definition) is 2. The van der Waals surface area contributed by atoms with Gasteiger partial charge in [-0.05, 0) is 50.8 Å². The van der Waals surface area contributed by atoms with Gasteiger partial charge in [-0.1, -0.05) is 11.6 Å². The van der Waals surface area contributed by atoms with Crippen molar-refractivity contribution in [3.8, 4) is 5.75 Å². The number of likely N-dealkylation sites (tertiary alicyclic amines) is 1. The lowest BCUT2D eigenvalue weighted by Gasteiger charge is -2.24. The van der Waals surface area contributed by atoms with Crippen molar-refractivity contribution in [2.24, 2.45) is 0 Å². The topological polar surface area (TPSA) is 42.8 Å². The van der Waals surface area contributed by atoms with Crippen LogP contribution in [0.2, 0.25) is 5.02 Å².